The fraction of sp³-hybridized carbons (Fsp3) is 0.400. The lowest BCUT2D eigenvalue weighted by Crippen LogP contribution is -2.34. The lowest BCUT2D eigenvalue weighted by molar-refractivity contribution is -0.121. The number of nitrogens with zero attached hydrogens (tertiary/aromatic N) is 2. The Morgan fingerprint density at radius 1 is 1.08 bits per heavy atom. The molecule has 2 atom stereocenters. The average molecular weight is 530 g/mol. The number of fused-ring (bicyclic) bond motifs is 1. The van der Waals surface area contributed by atoms with E-state index in [1.54, 1.807) is 18.3 Å². The van der Waals surface area contributed by atoms with Gasteiger partial charge in [-0.25, -0.2) is 9.97 Å². The molecule has 1 aliphatic rings. The molecular formula is C30H39N7O2. The number of nitrogens with one attached hydrogen (secondary N) is 3. The van der Waals surface area contributed by atoms with Crippen LogP contribution < -0.4 is 27.4 Å². The minimum absolute atomic E-state index is 0.0568. The van der Waals surface area contributed by atoms with Crippen molar-refractivity contribution in [1.82, 2.24) is 15.3 Å². The Hall–Kier alpha value is -3.98. The van der Waals surface area contributed by atoms with Crippen molar-refractivity contribution in [3.63, 3.8) is 0 Å². The Morgan fingerprint density at radius 3 is 2.56 bits per heavy atom. The van der Waals surface area contributed by atoms with E-state index in [-0.39, 0.29) is 17.9 Å². The SMILES string of the molecule is Cc1ccnc(NC(=O)c2ccc(C(N)c3c(N)ncc4c3NCC[C@@H](C)NC(=O)CCCCCC4)cc2)c1. The number of nitrogen functional groups attached to an aromatic ring is 1. The van der Waals surface area contributed by atoms with E-state index in [1.807, 2.05) is 44.3 Å². The highest BCUT2D eigenvalue weighted by atomic mass is 16.2. The molecule has 0 saturated heterocycles. The van der Waals surface area contributed by atoms with E-state index < -0.39 is 6.04 Å². The molecule has 0 fully saturated rings. The Balaban J connectivity index is 1.55. The zero-order valence-electron chi connectivity index (χ0n) is 22.8. The van der Waals surface area contributed by atoms with Gasteiger partial charge < -0.3 is 27.4 Å². The summed E-state index contributed by atoms with van der Waals surface area (Å²) < 4.78 is 0. The molecule has 2 aromatic heterocycles. The molecule has 1 aromatic carbocycles. The third-order valence-electron chi connectivity index (χ3n) is 7.11. The maximum atomic E-state index is 12.8. The molecule has 7 N–H and O–H groups in total. The van der Waals surface area contributed by atoms with Gasteiger partial charge in [-0.05, 0) is 80.5 Å². The van der Waals surface area contributed by atoms with Crippen molar-refractivity contribution >= 4 is 29.1 Å². The van der Waals surface area contributed by atoms with Crippen LogP contribution in [0.25, 0.3) is 0 Å². The van der Waals surface area contributed by atoms with Crippen LogP contribution in [0.2, 0.25) is 0 Å². The zero-order chi connectivity index (χ0) is 27.8. The fourth-order valence-corrected chi connectivity index (χ4v) is 4.88. The average Bonchev–Trinajstić information content (AvgIpc) is 2.91. The molecule has 206 valence electrons. The second-order valence-electron chi connectivity index (χ2n) is 10.3. The van der Waals surface area contributed by atoms with Crippen LogP contribution in [0.1, 0.15) is 84.1 Å². The van der Waals surface area contributed by atoms with Crippen molar-refractivity contribution < 1.29 is 9.59 Å². The Kier molecular flexibility index (Phi) is 9.49. The molecule has 2 amide bonds. The molecule has 3 heterocycles. The number of rotatable bonds is 4. The number of benzene rings is 1. The molecule has 9 nitrogen and oxygen atoms in total. The van der Waals surface area contributed by atoms with Crippen LogP contribution >= 0.6 is 0 Å². The molecule has 3 aromatic rings. The van der Waals surface area contributed by atoms with Crippen LogP contribution in [-0.2, 0) is 11.2 Å². The number of anilines is 3. The van der Waals surface area contributed by atoms with Gasteiger partial charge in [0.05, 0.1) is 6.04 Å². The summed E-state index contributed by atoms with van der Waals surface area (Å²) in [5.41, 5.74) is 18.3. The van der Waals surface area contributed by atoms with Gasteiger partial charge in [-0.2, -0.15) is 0 Å². The van der Waals surface area contributed by atoms with Crippen LogP contribution in [0, 0.1) is 6.92 Å². The first-order valence-electron chi connectivity index (χ1n) is 13.7. The molecule has 39 heavy (non-hydrogen) atoms. The predicted molar refractivity (Wildman–Crippen MR) is 156 cm³/mol. The monoisotopic (exact) mass is 529 g/mol. The van der Waals surface area contributed by atoms with E-state index in [9.17, 15) is 9.59 Å². The summed E-state index contributed by atoms with van der Waals surface area (Å²) >= 11 is 0. The van der Waals surface area contributed by atoms with Crippen molar-refractivity contribution in [2.75, 3.05) is 22.9 Å². The molecule has 0 saturated carbocycles. The highest BCUT2D eigenvalue weighted by molar-refractivity contribution is 6.03. The molecule has 9 heteroatoms. The summed E-state index contributed by atoms with van der Waals surface area (Å²) in [6.07, 6.45) is 9.64. The first-order valence-corrected chi connectivity index (χ1v) is 13.7. The Labute approximate surface area is 230 Å². The Morgan fingerprint density at radius 2 is 1.82 bits per heavy atom. The van der Waals surface area contributed by atoms with Crippen molar-refractivity contribution in [2.24, 2.45) is 5.73 Å². The topological polar surface area (TPSA) is 148 Å². The van der Waals surface area contributed by atoms with Crippen LogP contribution in [0.3, 0.4) is 0 Å². The number of carbonyl (C=O) groups excluding carboxylic acids is 2. The summed E-state index contributed by atoms with van der Waals surface area (Å²) in [7, 11) is 0. The number of pyridine rings is 2. The van der Waals surface area contributed by atoms with Gasteiger partial charge in [0.2, 0.25) is 5.91 Å². The summed E-state index contributed by atoms with van der Waals surface area (Å²) in [5.74, 6) is 0.757. The Bertz CT molecular complexity index is 1290. The molecule has 0 spiro atoms. The van der Waals surface area contributed by atoms with E-state index >= 15 is 0 Å². The van der Waals surface area contributed by atoms with Gasteiger partial charge in [-0.15, -0.1) is 0 Å². The molecule has 0 bridgehead atoms. The highest BCUT2D eigenvalue weighted by Gasteiger charge is 2.22. The minimum atomic E-state index is -0.536. The third kappa shape index (κ3) is 7.54. The maximum Gasteiger partial charge on any atom is 0.256 e. The first-order chi connectivity index (χ1) is 18.8. The van der Waals surface area contributed by atoms with E-state index in [2.05, 4.69) is 25.9 Å². The quantitative estimate of drug-likeness (QED) is 0.335. The number of nitrogens with two attached hydrogens (primary N) is 2. The van der Waals surface area contributed by atoms with Crippen LogP contribution in [0.5, 0.6) is 0 Å². The number of carbonyl (C=O) groups is 2. The van der Waals surface area contributed by atoms with Gasteiger partial charge in [-0.1, -0.05) is 25.0 Å². The summed E-state index contributed by atoms with van der Waals surface area (Å²) in [6, 6.07) is 10.4. The second kappa shape index (κ2) is 13.2. The lowest BCUT2D eigenvalue weighted by atomic mass is 9.94. The van der Waals surface area contributed by atoms with Crippen molar-refractivity contribution in [3.8, 4) is 0 Å². The van der Waals surface area contributed by atoms with Gasteiger partial charge in [0.1, 0.15) is 11.6 Å². The predicted octanol–water partition coefficient (Wildman–Crippen LogP) is 4.48. The van der Waals surface area contributed by atoms with Crippen molar-refractivity contribution in [2.45, 2.75) is 70.9 Å². The van der Waals surface area contributed by atoms with Gasteiger partial charge in [0.15, 0.2) is 0 Å². The van der Waals surface area contributed by atoms with Gasteiger partial charge in [0, 0.05) is 48.2 Å². The van der Waals surface area contributed by atoms with Crippen molar-refractivity contribution in [1.29, 1.82) is 0 Å². The van der Waals surface area contributed by atoms with E-state index in [0.29, 0.717) is 30.2 Å². The van der Waals surface area contributed by atoms with E-state index in [4.69, 9.17) is 11.5 Å². The van der Waals surface area contributed by atoms with E-state index in [1.165, 1.54) is 0 Å². The summed E-state index contributed by atoms with van der Waals surface area (Å²) in [5, 5.41) is 9.48. The second-order valence-corrected chi connectivity index (χ2v) is 10.3. The number of aryl methyl sites for hydroxylation is 2. The van der Waals surface area contributed by atoms with E-state index in [0.717, 1.165) is 66.5 Å². The standard InChI is InChI=1S/C30H39N7O2/c1-19-13-15-33-24(17-19)37-30(39)22-11-9-21(10-12-22)27(31)26-28-23(18-35-29(26)32)7-5-3-4-6-8-25(38)36-20(2)14-16-34-28/h9-13,15,17-18,20,27,34H,3-8,14,16,31H2,1-2H3,(H2,32,35)(H,36,38)(H,33,37,39)/t20-,27?/m1/s1. The molecule has 4 rings (SSSR count). The smallest absolute Gasteiger partial charge is 0.256 e. The molecule has 0 aliphatic carbocycles. The number of hydrogen-bond acceptors (Lipinski definition) is 7. The van der Waals surface area contributed by atoms with Gasteiger partial charge >= 0.3 is 0 Å². The number of amides is 2. The van der Waals surface area contributed by atoms with Crippen LogP contribution in [-0.4, -0.2) is 34.4 Å². The third-order valence-corrected chi connectivity index (χ3v) is 7.11. The number of aromatic nitrogens is 2. The van der Waals surface area contributed by atoms with Crippen molar-refractivity contribution in [3.05, 3.63) is 76.6 Å². The molecule has 1 unspecified atom stereocenters. The lowest BCUT2D eigenvalue weighted by Gasteiger charge is -2.24. The highest BCUT2D eigenvalue weighted by Crippen LogP contribution is 2.34. The summed E-state index contributed by atoms with van der Waals surface area (Å²) in [6.45, 7) is 4.62. The fourth-order valence-electron chi connectivity index (χ4n) is 4.88. The summed E-state index contributed by atoms with van der Waals surface area (Å²) in [4.78, 5) is 33.6. The maximum absolute atomic E-state index is 12.8. The van der Waals surface area contributed by atoms with Crippen LogP contribution in [0.4, 0.5) is 17.3 Å². The number of hydrogen-bond donors (Lipinski definition) is 5. The zero-order valence-corrected chi connectivity index (χ0v) is 22.8. The van der Waals surface area contributed by atoms with Gasteiger partial charge in [0.25, 0.3) is 5.91 Å². The van der Waals surface area contributed by atoms with Crippen LogP contribution in [0.15, 0.2) is 48.8 Å². The largest absolute Gasteiger partial charge is 0.384 e. The molecule has 0 radical (unpaired) electrons. The molecular weight excluding hydrogens is 490 g/mol. The van der Waals surface area contributed by atoms with Gasteiger partial charge in [-0.3, -0.25) is 9.59 Å². The minimum Gasteiger partial charge on any atom is -0.384 e. The first kappa shape index (κ1) is 28.0. The normalized spacial score (nSPS) is 17.6. The molecule has 1 aliphatic heterocycles.